The largest absolute Gasteiger partial charge is 0.294 e. The highest BCUT2D eigenvalue weighted by Crippen LogP contribution is 2.32. The minimum atomic E-state index is -0.334. The number of carbonyl (C=O) groups is 1. The van der Waals surface area contributed by atoms with E-state index in [2.05, 4.69) is 0 Å². The van der Waals surface area contributed by atoms with Crippen molar-refractivity contribution in [2.75, 3.05) is 0 Å². The summed E-state index contributed by atoms with van der Waals surface area (Å²) >= 11 is 1.49. The second kappa shape index (κ2) is 5.57. The molecule has 0 aliphatic carbocycles. The highest BCUT2D eigenvalue weighted by molar-refractivity contribution is 7.99. The smallest absolute Gasteiger partial charge is 0.161 e. The van der Waals surface area contributed by atoms with E-state index in [1.54, 1.807) is 13.0 Å². The fourth-order valence-corrected chi connectivity index (χ4v) is 3.01. The molecule has 0 aliphatic rings. The van der Waals surface area contributed by atoms with Gasteiger partial charge in [-0.1, -0.05) is 29.5 Å². The van der Waals surface area contributed by atoms with Crippen LogP contribution in [0.1, 0.15) is 28.4 Å². The third kappa shape index (κ3) is 3.24. The molecule has 2 aromatic carbocycles. The van der Waals surface area contributed by atoms with Gasteiger partial charge in [0.15, 0.2) is 5.78 Å². The fourth-order valence-electron chi connectivity index (χ4n) is 1.82. The highest BCUT2D eigenvalue weighted by Gasteiger charge is 2.12. The molecule has 0 fully saturated rings. The standard InChI is InChI=1S/C16H15FOS/c1-10-5-4-6-13(7-10)19-16-8-11(2)15(17)9-14(16)12(3)18/h4-9H,1-3H3. The molecule has 1 nitrogen and oxygen atoms in total. The zero-order valence-corrected chi connectivity index (χ0v) is 12.0. The van der Waals surface area contributed by atoms with Crippen molar-refractivity contribution in [1.29, 1.82) is 0 Å². The molecule has 2 aromatic rings. The monoisotopic (exact) mass is 274 g/mol. The van der Waals surface area contributed by atoms with Crippen molar-refractivity contribution in [2.24, 2.45) is 0 Å². The normalized spacial score (nSPS) is 10.5. The Hall–Kier alpha value is -1.61. The van der Waals surface area contributed by atoms with E-state index in [-0.39, 0.29) is 11.6 Å². The third-order valence-corrected chi connectivity index (χ3v) is 3.90. The molecule has 19 heavy (non-hydrogen) atoms. The summed E-state index contributed by atoms with van der Waals surface area (Å²) in [6.07, 6.45) is 0. The topological polar surface area (TPSA) is 17.1 Å². The summed E-state index contributed by atoms with van der Waals surface area (Å²) in [7, 11) is 0. The Morgan fingerprint density at radius 1 is 1.16 bits per heavy atom. The molecule has 0 radical (unpaired) electrons. The Balaban J connectivity index is 2.44. The van der Waals surface area contributed by atoms with Crippen LogP contribution in [0.4, 0.5) is 4.39 Å². The Morgan fingerprint density at radius 3 is 2.53 bits per heavy atom. The lowest BCUT2D eigenvalue weighted by atomic mass is 10.1. The van der Waals surface area contributed by atoms with Crippen molar-refractivity contribution in [3.63, 3.8) is 0 Å². The zero-order chi connectivity index (χ0) is 14.0. The number of benzene rings is 2. The van der Waals surface area contributed by atoms with Gasteiger partial charge in [-0.05, 0) is 50.6 Å². The predicted octanol–water partition coefficient (Wildman–Crippen LogP) is 4.80. The second-order valence-electron chi connectivity index (χ2n) is 4.57. The summed E-state index contributed by atoms with van der Waals surface area (Å²) in [4.78, 5) is 13.5. The first-order valence-electron chi connectivity index (χ1n) is 6.03. The second-order valence-corrected chi connectivity index (χ2v) is 5.69. The number of Topliss-reactive ketones (excluding diaryl/α,β-unsaturated/α-hetero) is 1. The van der Waals surface area contributed by atoms with Gasteiger partial charge in [0.2, 0.25) is 0 Å². The predicted molar refractivity (Wildman–Crippen MR) is 76.4 cm³/mol. The van der Waals surface area contributed by atoms with Crippen LogP contribution in [0.15, 0.2) is 46.2 Å². The Kier molecular flexibility index (Phi) is 4.05. The maximum Gasteiger partial charge on any atom is 0.161 e. The van der Waals surface area contributed by atoms with Crippen LogP contribution >= 0.6 is 11.8 Å². The fraction of sp³-hybridized carbons (Fsp3) is 0.188. The summed E-state index contributed by atoms with van der Waals surface area (Å²) in [5.74, 6) is -0.451. The summed E-state index contributed by atoms with van der Waals surface area (Å²) in [5, 5.41) is 0. The van der Waals surface area contributed by atoms with E-state index < -0.39 is 0 Å². The van der Waals surface area contributed by atoms with E-state index >= 15 is 0 Å². The molecule has 0 aromatic heterocycles. The van der Waals surface area contributed by atoms with E-state index in [0.29, 0.717) is 11.1 Å². The molecule has 98 valence electrons. The van der Waals surface area contributed by atoms with Gasteiger partial charge in [0.05, 0.1) is 0 Å². The minimum absolute atomic E-state index is 0.117. The van der Waals surface area contributed by atoms with Crippen LogP contribution in [-0.2, 0) is 0 Å². The molecule has 0 amide bonds. The number of rotatable bonds is 3. The summed E-state index contributed by atoms with van der Waals surface area (Å²) in [5.41, 5.74) is 2.16. The van der Waals surface area contributed by atoms with E-state index in [1.165, 1.54) is 24.8 Å². The number of ketones is 1. The summed E-state index contributed by atoms with van der Waals surface area (Å²) in [6.45, 7) is 5.19. The van der Waals surface area contributed by atoms with Gasteiger partial charge in [0, 0.05) is 15.4 Å². The lowest BCUT2D eigenvalue weighted by molar-refractivity contribution is 0.101. The molecule has 2 rings (SSSR count). The van der Waals surface area contributed by atoms with Gasteiger partial charge in [0.1, 0.15) is 5.82 Å². The number of aryl methyl sites for hydroxylation is 2. The van der Waals surface area contributed by atoms with Gasteiger partial charge < -0.3 is 0 Å². The van der Waals surface area contributed by atoms with Crippen LogP contribution < -0.4 is 0 Å². The molecule has 0 aliphatic heterocycles. The average molecular weight is 274 g/mol. The molecule has 0 saturated carbocycles. The van der Waals surface area contributed by atoms with Crippen molar-refractivity contribution in [3.8, 4) is 0 Å². The number of hydrogen-bond donors (Lipinski definition) is 0. The maximum atomic E-state index is 13.6. The zero-order valence-electron chi connectivity index (χ0n) is 11.2. The minimum Gasteiger partial charge on any atom is -0.294 e. The van der Waals surface area contributed by atoms with Crippen LogP contribution in [-0.4, -0.2) is 5.78 Å². The molecule has 0 heterocycles. The van der Waals surface area contributed by atoms with E-state index in [4.69, 9.17) is 0 Å². The van der Waals surface area contributed by atoms with Gasteiger partial charge in [0.25, 0.3) is 0 Å². The van der Waals surface area contributed by atoms with Crippen molar-refractivity contribution in [1.82, 2.24) is 0 Å². The summed E-state index contributed by atoms with van der Waals surface area (Å²) in [6, 6.07) is 11.1. The molecular formula is C16H15FOS. The van der Waals surface area contributed by atoms with Crippen LogP contribution in [0.3, 0.4) is 0 Å². The van der Waals surface area contributed by atoms with E-state index in [1.807, 2.05) is 31.2 Å². The summed E-state index contributed by atoms with van der Waals surface area (Å²) < 4.78 is 13.6. The van der Waals surface area contributed by atoms with Crippen molar-refractivity contribution >= 4 is 17.5 Å². The quantitative estimate of drug-likeness (QED) is 0.748. The van der Waals surface area contributed by atoms with E-state index in [0.717, 1.165) is 15.4 Å². The SMILES string of the molecule is CC(=O)c1cc(F)c(C)cc1Sc1cccc(C)c1. The lowest BCUT2D eigenvalue weighted by Gasteiger charge is -2.09. The first-order chi connectivity index (χ1) is 8.97. The molecule has 0 atom stereocenters. The first kappa shape index (κ1) is 13.8. The first-order valence-corrected chi connectivity index (χ1v) is 6.84. The third-order valence-electron chi connectivity index (χ3n) is 2.86. The maximum absolute atomic E-state index is 13.6. The molecule has 0 unspecified atom stereocenters. The molecule has 0 saturated heterocycles. The Bertz CT molecular complexity index is 635. The van der Waals surface area contributed by atoms with Crippen LogP contribution in [0.2, 0.25) is 0 Å². The Morgan fingerprint density at radius 2 is 1.89 bits per heavy atom. The van der Waals surface area contributed by atoms with Gasteiger partial charge in [-0.2, -0.15) is 0 Å². The molecule has 0 bridgehead atoms. The number of carbonyl (C=O) groups excluding carboxylic acids is 1. The van der Waals surface area contributed by atoms with Crippen molar-refractivity contribution in [3.05, 3.63) is 58.9 Å². The van der Waals surface area contributed by atoms with Crippen LogP contribution in [0.5, 0.6) is 0 Å². The molecular weight excluding hydrogens is 259 g/mol. The van der Waals surface area contributed by atoms with Crippen LogP contribution in [0, 0.1) is 19.7 Å². The molecule has 3 heteroatoms. The average Bonchev–Trinajstić information content (AvgIpc) is 2.33. The van der Waals surface area contributed by atoms with Crippen LogP contribution in [0.25, 0.3) is 0 Å². The molecule has 0 spiro atoms. The Labute approximate surface area is 116 Å². The van der Waals surface area contributed by atoms with Crippen molar-refractivity contribution in [2.45, 2.75) is 30.6 Å². The van der Waals surface area contributed by atoms with Crippen molar-refractivity contribution < 1.29 is 9.18 Å². The number of halogens is 1. The van der Waals surface area contributed by atoms with Gasteiger partial charge in [-0.3, -0.25) is 4.79 Å². The molecule has 0 N–H and O–H groups in total. The van der Waals surface area contributed by atoms with Gasteiger partial charge >= 0.3 is 0 Å². The number of hydrogen-bond acceptors (Lipinski definition) is 2. The lowest BCUT2D eigenvalue weighted by Crippen LogP contribution is -1.98. The highest BCUT2D eigenvalue weighted by atomic mass is 32.2. The van der Waals surface area contributed by atoms with Gasteiger partial charge in [-0.25, -0.2) is 4.39 Å². The van der Waals surface area contributed by atoms with Gasteiger partial charge in [-0.15, -0.1) is 0 Å². The van der Waals surface area contributed by atoms with E-state index in [9.17, 15) is 9.18 Å².